The van der Waals surface area contributed by atoms with Gasteiger partial charge in [-0.1, -0.05) is 12.1 Å². The molecule has 1 aliphatic rings. The van der Waals surface area contributed by atoms with Gasteiger partial charge < -0.3 is 10.5 Å². The molecule has 2 N–H and O–H groups in total. The summed E-state index contributed by atoms with van der Waals surface area (Å²) >= 11 is 0. The summed E-state index contributed by atoms with van der Waals surface area (Å²) in [6.07, 6.45) is 0.819. The molecule has 0 radical (unpaired) electrons. The highest BCUT2D eigenvalue weighted by atomic mass is 19.3. The van der Waals surface area contributed by atoms with Crippen molar-refractivity contribution in [1.82, 2.24) is 0 Å². The molecule has 0 atom stereocenters. The molecule has 0 aliphatic heterocycles. The maximum atomic E-state index is 12.9. The third-order valence-electron chi connectivity index (χ3n) is 3.39. The first kappa shape index (κ1) is 12.3. The van der Waals surface area contributed by atoms with E-state index < -0.39 is 6.43 Å². The van der Waals surface area contributed by atoms with Crippen molar-refractivity contribution in [3.05, 3.63) is 29.3 Å². The van der Waals surface area contributed by atoms with Crippen LogP contribution < -0.4 is 10.5 Å². The molecular weight excluding hydrogens is 224 g/mol. The first-order valence-electron chi connectivity index (χ1n) is 5.78. The third kappa shape index (κ3) is 2.75. The average molecular weight is 241 g/mol. The lowest BCUT2D eigenvalue weighted by Crippen LogP contribution is -2.22. The summed E-state index contributed by atoms with van der Waals surface area (Å²) in [4.78, 5) is 0. The van der Waals surface area contributed by atoms with Gasteiger partial charge in [0.15, 0.2) is 0 Å². The Balaban J connectivity index is 2.21. The molecule has 0 amide bonds. The number of hydrogen-bond acceptors (Lipinski definition) is 2. The van der Waals surface area contributed by atoms with E-state index in [0.29, 0.717) is 17.7 Å². The molecular formula is C13H17F2NO. The molecule has 1 aliphatic carbocycles. The number of rotatable bonds is 5. The normalized spacial score (nSPS) is 17.2. The number of hydrogen-bond donors (Lipinski definition) is 1. The summed E-state index contributed by atoms with van der Waals surface area (Å²) in [6.45, 7) is 0. The van der Waals surface area contributed by atoms with Crippen molar-refractivity contribution in [3.63, 3.8) is 0 Å². The zero-order valence-electron chi connectivity index (χ0n) is 9.88. The molecule has 0 saturated heterocycles. The third-order valence-corrected chi connectivity index (χ3v) is 3.39. The van der Waals surface area contributed by atoms with Gasteiger partial charge in [0, 0.05) is 16.7 Å². The van der Waals surface area contributed by atoms with E-state index in [1.165, 1.54) is 13.2 Å². The highest BCUT2D eigenvalue weighted by Gasteiger charge is 2.37. The van der Waals surface area contributed by atoms with Crippen LogP contribution in [0.3, 0.4) is 0 Å². The lowest BCUT2D eigenvalue weighted by Gasteiger charge is -2.15. The molecule has 2 rings (SSSR count). The minimum atomic E-state index is -2.46. The number of halogens is 2. The minimum Gasteiger partial charge on any atom is -0.496 e. The first-order chi connectivity index (χ1) is 8.06. The van der Waals surface area contributed by atoms with Crippen LogP contribution in [-0.4, -0.2) is 12.6 Å². The van der Waals surface area contributed by atoms with Gasteiger partial charge in [-0.2, -0.15) is 0 Å². The van der Waals surface area contributed by atoms with E-state index in [-0.39, 0.29) is 11.1 Å². The van der Waals surface area contributed by atoms with Crippen molar-refractivity contribution in [2.45, 2.75) is 37.6 Å². The number of benzene rings is 1. The van der Waals surface area contributed by atoms with Crippen molar-refractivity contribution in [2.75, 3.05) is 7.11 Å². The molecule has 4 heteroatoms. The fourth-order valence-electron chi connectivity index (χ4n) is 2.03. The highest BCUT2D eigenvalue weighted by molar-refractivity contribution is 5.41. The second-order valence-corrected chi connectivity index (χ2v) is 4.69. The van der Waals surface area contributed by atoms with E-state index in [1.54, 1.807) is 12.1 Å². The number of alkyl halides is 2. The number of methoxy groups -OCH3 is 1. The van der Waals surface area contributed by atoms with Gasteiger partial charge in [-0.05, 0) is 31.7 Å². The van der Waals surface area contributed by atoms with Crippen LogP contribution in [0.25, 0.3) is 0 Å². The van der Waals surface area contributed by atoms with E-state index in [0.717, 1.165) is 19.3 Å². The average Bonchev–Trinajstić information content (AvgIpc) is 3.04. The summed E-state index contributed by atoms with van der Waals surface area (Å²) < 4.78 is 30.9. The Kier molecular flexibility index (Phi) is 3.33. The standard InChI is InChI=1S/C13H17F2NO/c1-17-11-4-2-3-10(12(14)15)9(11)5-6-13(16)7-8-13/h2-4,12H,5-8,16H2,1H3. The summed E-state index contributed by atoms with van der Waals surface area (Å²) in [5.41, 5.74) is 6.52. The van der Waals surface area contributed by atoms with E-state index >= 15 is 0 Å². The zero-order valence-corrected chi connectivity index (χ0v) is 9.88. The Morgan fingerprint density at radius 3 is 2.65 bits per heavy atom. The Morgan fingerprint density at radius 1 is 1.41 bits per heavy atom. The van der Waals surface area contributed by atoms with Crippen LogP contribution in [0.1, 0.15) is 36.8 Å². The summed E-state index contributed by atoms with van der Waals surface area (Å²) in [7, 11) is 1.50. The zero-order chi connectivity index (χ0) is 12.5. The largest absolute Gasteiger partial charge is 0.496 e. The van der Waals surface area contributed by atoms with Gasteiger partial charge in [0.1, 0.15) is 5.75 Å². The van der Waals surface area contributed by atoms with Crippen molar-refractivity contribution in [2.24, 2.45) is 5.73 Å². The van der Waals surface area contributed by atoms with Crippen molar-refractivity contribution in [1.29, 1.82) is 0 Å². The van der Waals surface area contributed by atoms with Crippen LogP contribution in [0, 0.1) is 0 Å². The maximum absolute atomic E-state index is 12.9. The maximum Gasteiger partial charge on any atom is 0.264 e. The Labute approximate surface area is 99.8 Å². The van der Waals surface area contributed by atoms with Crippen LogP contribution in [0.5, 0.6) is 5.75 Å². The van der Waals surface area contributed by atoms with Crippen molar-refractivity contribution in [3.8, 4) is 5.75 Å². The van der Waals surface area contributed by atoms with Crippen LogP contribution >= 0.6 is 0 Å². The van der Waals surface area contributed by atoms with E-state index in [2.05, 4.69) is 0 Å². The van der Waals surface area contributed by atoms with Gasteiger partial charge in [-0.25, -0.2) is 8.78 Å². The first-order valence-corrected chi connectivity index (χ1v) is 5.78. The Hall–Kier alpha value is -1.16. The predicted molar refractivity (Wildman–Crippen MR) is 62.4 cm³/mol. The van der Waals surface area contributed by atoms with Gasteiger partial charge in [-0.3, -0.25) is 0 Å². The fraction of sp³-hybridized carbons (Fsp3) is 0.538. The summed E-state index contributed by atoms with van der Waals surface area (Å²) in [5, 5.41) is 0. The van der Waals surface area contributed by atoms with Crippen molar-refractivity contribution < 1.29 is 13.5 Å². The molecule has 0 spiro atoms. The van der Waals surface area contributed by atoms with Gasteiger partial charge in [0.2, 0.25) is 0 Å². The van der Waals surface area contributed by atoms with Gasteiger partial charge in [-0.15, -0.1) is 0 Å². The van der Waals surface area contributed by atoms with Gasteiger partial charge in [0.05, 0.1) is 7.11 Å². The molecule has 2 nitrogen and oxygen atoms in total. The molecule has 0 unspecified atom stereocenters. The van der Waals surface area contributed by atoms with E-state index in [1.807, 2.05) is 0 Å². The summed E-state index contributed by atoms with van der Waals surface area (Å²) in [5.74, 6) is 0.534. The van der Waals surface area contributed by atoms with Crippen LogP contribution in [0.4, 0.5) is 8.78 Å². The fourth-order valence-corrected chi connectivity index (χ4v) is 2.03. The topological polar surface area (TPSA) is 35.2 Å². The van der Waals surface area contributed by atoms with Crippen LogP contribution in [0.2, 0.25) is 0 Å². The van der Waals surface area contributed by atoms with E-state index in [9.17, 15) is 8.78 Å². The second-order valence-electron chi connectivity index (χ2n) is 4.69. The lowest BCUT2D eigenvalue weighted by molar-refractivity contribution is 0.149. The molecule has 0 bridgehead atoms. The van der Waals surface area contributed by atoms with E-state index in [4.69, 9.17) is 10.5 Å². The van der Waals surface area contributed by atoms with Gasteiger partial charge >= 0.3 is 0 Å². The summed E-state index contributed by atoms with van der Waals surface area (Å²) in [6, 6.07) is 4.77. The highest BCUT2D eigenvalue weighted by Crippen LogP contribution is 2.39. The smallest absolute Gasteiger partial charge is 0.264 e. The lowest BCUT2D eigenvalue weighted by atomic mass is 9.98. The predicted octanol–water partition coefficient (Wildman–Crippen LogP) is 3.06. The number of nitrogens with two attached hydrogens (primary N) is 1. The van der Waals surface area contributed by atoms with Crippen molar-refractivity contribution >= 4 is 0 Å². The Morgan fingerprint density at radius 2 is 2.12 bits per heavy atom. The van der Waals surface area contributed by atoms with Crippen LogP contribution in [-0.2, 0) is 6.42 Å². The molecule has 1 saturated carbocycles. The van der Waals surface area contributed by atoms with Gasteiger partial charge in [0.25, 0.3) is 6.43 Å². The quantitative estimate of drug-likeness (QED) is 0.859. The molecule has 0 aromatic heterocycles. The molecule has 17 heavy (non-hydrogen) atoms. The molecule has 1 aromatic rings. The number of ether oxygens (including phenoxy) is 1. The molecule has 94 valence electrons. The van der Waals surface area contributed by atoms with Crippen LogP contribution in [0.15, 0.2) is 18.2 Å². The molecule has 1 aromatic carbocycles. The molecule has 0 heterocycles. The minimum absolute atomic E-state index is 0.0635. The SMILES string of the molecule is COc1cccc(C(F)F)c1CCC1(N)CC1. The second kappa shape index (κ2) is 4.61. The Bertz CT molecular complexity index is 402. The monoisotopic (exact) mass is 241 g/mol. The molecule has 1 fully saturated rings.